The number of hydrogen-bond donors (Lipinski definition) is 1. The predicted octanol–water partition coefficient (Wildman–Crippen LogP) is -0.274. The van der Waals surface area contributed by atoms with Crippen LogP contribution in [0.15, 0.2) is 0 Å². The molecular formula is C6H6N2. The van der Waals surface area contributed by atoms with Gasteiger partial charge in [-0.25, -0.2) is 0 Å². The standard InChI is InChI=1S/C6H6N2/c7-1-2-3-4-5(3)6(4)8-2/h2-6,8H/t2-,3?,4-,5?,6?/m0/s1. The zero-order valence-electron chi connectivity index (χ0n) is 4.33. The Balaban J connectivity index is 1.99. The number of fused-ring (bicyclic) bond motifs is 1. The average molecular weight is 106 g/mol. The number of nitriles is 1. The van der Waals surface area contributed by atoms with E-state index in [1.807, 2.05) is 0 Å². The van der Waals surface area contributed by atoms with E-state index in [2.05, 4.69) is 11.4 Å². The van der Waals surface area contributed by atoms with Gasteiger partial charge in [0.1, 0.15) is 0 Å². The predicted molar refractivity (Wildman–Crippen MR) is 26.8 cm³/mol. The number of piperidine rings is 1. The van der Waals surface area contributed by atoms with Crippen molar-refractivity contribution < 1.29 is 0 Å². The molecule has 3 unspecified atom stereocenters. The van der Waals surface area contributed by atoms with Gasteiger partial charge in [-0.1, -0.05) is 0 Å². The molecule has 5 atom stereocenters. The number of hydrogen-bond acceptors (Lipinski definition) is 2. The van der Waals surface area contributed by atoms with Crippen molar-refractivity contribution in [1.29, 1.82) is 5.26 Å². The fraction of sp³-hybridized carbons (Fsp3) is 0.833. The van der Waals surface area contributed by atoms with E-state index in [-0.39, 0.29) is 6.04 Å². The highest BCUT2D eigenvalue weighted by atomic mass is 15.2. The maximum atomic E-state index is 8.46. The summed E-state index contributed by atoms with van der Waals surface area (Å²) >= 11 is 0. The van der Waals surface area contributed by atoms with Crippen LogP contribution in [0.1, 0.15) is 0 Å². The van der Waals surface area contributed by atoms with Crippen molar-refractivity contribution >= 4 is 0 Å². The second-order valence-corrected chi connectivity index (χ2v) is 3.03. The van der Waals surface area contributed by atoms with Gasteiger partial charge in [-0.15, -0.1) is 0 Å². The van der Waals surface area contributed by atoms with E-state index in [1.54, 1.807) is 0 Å². The molecule has 2 nitrogen and oxygen atoms in total. The molecule has 4 aliphatic rings. The lowest BCUT2D eigenvalue weighted by Crippen LogP contribution is -2.19. The van der Waals surface area contributed by atoms with E-state index in [4.69, 9.17) is 5.26 Å². The maximum Gasteiger partial charge on any atom is 0.0990 e. The van der Waals surface area contributed by atoms with Crippen LogP contribution in [-0.2, 0) is 0 Å². The first kappa shape index (κ1) is 3.47. The molecule has 2 aliphatic carbocycles. The minimum atomic E-state index is 0.231. The summed E-state index contributed by atoms with van der Waals surface area (Å²) in [4.78, 5) is 0. The quantitative estimate of drug-likeness (QED) is 0.461. The van der Waals surface area contributed by atoms with Crippen LogP contribution >= 0.6 is 0 Å². The Morgan fingerprint density at radius 2 is 2.00 bits per heavy atom. The van der Waals surface area contributed by atoms with Crippen LogP contribution in [0.2, 0.25) is 0 Å². The van der Waals surface area contributed by atoms with Gasteiger partial charge in [-0.3, -0.25) is 5.32 Å². The summed E-state index contributed by atoms with van der Waals surface area (Å²) in [6.45, 7) is 0. The molecule has 0 radical (unpaired) electrons. The van der Waals surface area contributed by atoms with Crippen LogP contribution < -0.4 is 5.32 Å². The van der Waals surface area contributed by atoms with Gasteiger partial charge in [0.25, 0.3) is 0 Å². The molecule has 0 aromatic carbocycles. The molecule has 0 aromatic heterocycles. The highest BCUT2D eigenvalue weighted by molar-refractivity contribution is 5.36. The molecule has 2 saturated carbocycles. The Kier molecular flexibility index (Phi) is 0.307. The van der Waals surface area contributed by atoms with Crippen LogP contribution in [0.5, 0.6) is 0 Å². The summed E-state index contributed by atoms with van der Waals surface area (Å²) < 4.78 is 0. The molecule has 2 heterocycles. The molecule has 1 N–H and O–H groups in total. The van der Waals surface area contributed by atoms with Crippen molar-refractivity contribution in [2.24, 2.45) is 17.8 Å². The second kappa shape index (κ2) is 0.708. The first-order chi connectivity index (χ1) is 3.93. The highest BCUT2D eigenvalue weighted by Crippen LogP contribution is 2.73. The van der Waals surface area contributed by atoms with Gasteiger partial charge >= 0.3 is 0 Å². The zero-order valence-corrected chi connectivity index (χ0v) is 4.33. The lowest BCUT2D eigenvalue weighted by molar-refractivity contribution is 0.695. The van der Waals surface area contributed by atoms with Gasteiger partial charge in [0.2, 0.25) is 0 Å². The van der Waals surface area contributed by atoms with E-state index in [0.717, 1.165) is 23.8 Å². The maximum absolute atomic E-state index is 8.46. The average Bonchev–Trinajstić information content (AvgIpc) is 2.58. The van der Waals surface area contributed by atoms with Crippen molar-refractivity contribution in [1.82, 2.24) is 5.32 Å². The molecular weight excluding hydrogens is 100 g/mol. The molecule has 0 amide bonds. The summed E-state index contributed by atoms with van der Waals surface area (Å²) in [5.41, 5.74) is 0. The third-order valence-corrected chi connectivity index (χ3v) is 2.78. The van der Waals surface area contributed by atoms with Gasteiger partial charge < -0.3 is 0 Å². The lowest BCUT2D eigenvalue weighted by Gasteiger charge is -1.91. The number of nitrogens with one attached hydrogen (secondary N) is 1. The van der Waals surface area contributed by atoms with E-state index in [1.165, 1.54) is 0 Å². The summed E-state index contributed by atoms with van der Waals surface area (Å²) in [7, 11) is 0. The molecule has 8 heavy (non-hydrogen) atoms. The molecule has 2 heteroatoms. The fourth-order valence-electron chi connectivity index (χ4n) is 2.19. The van der Waals surface area contributed by atoms with Gasteiger partial charge in [0.15, 0.2) is 0 Å². The van der Waals surface area contributed by atoms with Crippen molar-refractivity contribution in [2.75, 3.05) is 0 Å². The third-order valence-electron chi connectivity index (χ3n) is 2.78. The van der Waals surface area contributed by atoms with E-state index >= 15 is 0 Å². The number of rotatable bonds is 0. The monoisotopic (exact) mass is 106 g/mol. The summed E-state index contributed by atoms with van der Waals surface area (Å²) in [5, 5.41) is 11.7. The molecule has 40 valence electrons. The Labute approximate surface area is 47.5 Å². The van der Waals surface area contributed by atoms with Gasteiger partial charge in [0, 0.05) is 6.04 Å². The normalized spacial score (nSPS) is 71.1. The van der Waals surface area contributed by atoms with Gasteiger partial charge in [-0.2, -0.15) is 5.26 Å². The smallest absolute Gasteiger partial charge is 0.0990 e. The van der Waals surface area contributed by atoms with Crippen molar-refractivity contribution in [3.8, 4) is 6.07 Å². The summed E-state index contributed by atoms with van der Waals surface area (Å²) in [6.07, 6.45) is 0. The van der Waals surface area contributed by atoms with Crippen LogP contribution in [-0.4, -0.2) is 12.1 Å². The van der Waals surface area contributed by atoms with E-state index in [0.29, 0.717) is 0 Å². The van der Waals surface area contributed by atoms with Crippen LogP contribution in [0.25, 0.3) is 0 Å². The van der Waals surface area contributed by atoms with Crippen molar-refractivity contribution in [3.63, 3.8) is 0 Å². The summed E-state index contributed by atoms with van der Waals surface area (Å²) in [6, 6.07) is 3.28. The SMILES string of the molecule is N#C[C@@H]1NC2C3C1[C@H]23. The minimum absolute atomic E-state index is 0.231. The zero-order chi connectivity index (χ0) is 5.30. The molecule has 0 spiro atoms. The molecule has 2 saturated heterocycles. The summed E-state index contributed by atoms with van der Waals surface area (Å²) in [5.74, 6) is 2.67. The molecule has 0 aromatic rings. The van der Waals surface area contributed by atoms with Gasteiger partial charge in [-0.05, 0) is 17.8 Å². The third kappa shape index (κ3) is 0.167. The van der Waals surface area contributed by atoms with E-state index in [9.17, 15) is 0 Å². The lowest BCUT2D eigenvalue weighted by atomic mass is 10.1. The Morgan fingerprint density at radius 3 is 2.25 bits per heavy atom. The van der Waals surface area contributed by atoms with Crippen LogP contribution in [0.4, 0.5) is 0 Å². The second-order valence-electron chi connectivity index (χ2n) is 3.03. The van der Waals surface area contributed by atoms with Crippen LogP contribution in [0.3, 0.4) is 0 Å². The molecule has 4 fully saturated rings. The molecule has 4 rings (SSSR count). The minimum Gasteiger partial charge on any atom is -0.298 e. The largest absolute Gasteiger partial charge is 0.298 e. The first-order valence-corrected chi connectivity index (χ1v) is 3.09. The van der Waals surface area contributed by atoms with Crippen LogP contribution in [0, 0.1) is 29.1 Å². The molecule has 2 bridgehead atoms. The Morgan fingerprint density at radius 1 is 1.25 bits per heavy atom. The fourth-order valence-corrected chi connectivity index (χ4v) is 2.19. The Bertz CT molecular complexity index is 176. The first-order valence-electron chi connectivity index (χ1n) is 3.09. The molecule has 2 aliphatic heterocycles. The van der Waals surface area contributed by atoms with Crippen molar-refractivity contribution in [2.45, 2.75) is 12.1 Å². The topological polar surface area (TPSA) is 35.8 Å². The van der Waals surface area contributed by atoms with Crippen molar-refractivity contribution in [3.05, 3.63) is 0 Å². The highest BCUT2D eigenvalue weighted by Gasteiger charge is 2.81. The number of nitrogens with zero attached hydrogens (tertiary/aromatic N) is 1. The van der Waals surface area contributed by atoms with E-state index < -0.39 is 0 Å². The Hall–Kier alpha value is -0.550. The van der Waals surface area contributed by atoms with Gasteiger partial charge in [0.05, 0.1) is 12.1 Å².